The van der Waals surface area contributed by atoms with Crippen LogP contribution in [0.5, 0.6) is 0 Å². The molecule has 1 aromatic carbocycles. The van der Waals surface area contributed by atoms with Crippen LogP contribution in [0.3, 0.4) is 0 Å². The number of nitrogens with one attached hydrogen (secondary N) is 2. The van der Waals surface area contributed by atoms with Crippen molar-refractivity contribution in [1.29, 1.82) is 0 Å². The Morgan fingerprint density at radius 2 is 1.92 bits per heavy atom. The maximum absolute atomic E-state index is 11.9. The number of nitrogens with zero attached hydrogens (tertiary/aromatic N) is 3. The van der Waals surface area contributed by atoms with E-state index < -0.39 is 0 Å². The van der Waals surface area contributed by atoms with Gasteiger partial charge in [0.05, 0.1) is 0 Å². The SMILES string of the molecule is Cc1cc(Nc2ccc(C(=O)NC(C)C)nn2)ccc1N1CCSCC1. The van der Waals surface area contributed by atoms with E-state index in [9.17, 15) is 4.79 Å². The molecule has 0 unspecified atom stereocenters. The second kappa shape index (κ2) is 8.40. The highest BCUT2D eigenvalue weighted by Crippen LogP contribution is 2.27. The van der Waals surface area contributed by atoms with Crippen LogP contribution in [0, 0.1) is 6.92 Å². The van der Waals surface area contributed by atoms with Crippen molar-refractivity contribution in [3.63, 3.8) is 0 Å². The molecule has 26 heavy (non-hydrogen) atoms. The number of hydrogen-bond donors (Lipinski definition) is 2. The van der Waals surface area contributed by atoms with E-state index >= 15 is 0 Å². The zero-order chi connectivity index (χ0) is 18.5. The predicted molar refractivity (Wildman–Crippen MR) is 109 cm³/mol. The van der Waals surface area contributed by atoms with Gasteiger partial charge in [-0.2, -0.15) is 11.8 Å². The van der Waals surface area contributed by atoms with Gasteiger partial charge >= 0.3 is 0 Å². The highest BCUT2D eigenvalue weighted by atomic mass is 32.2. The zero-order valence-electron chi connectivity index (χ0n) is 15.5. The summed E-state index contributed by atoms with van der Waals surface area (Å²) >= 11 is 2.01. The monoisotopic (exact) mass is 371 g/mol. The van der Waals surface area contributed by atoms with Crippen molar-refractivity contribution in [2.75, 3.05) is 34.8 Å². The summed E-state index contributed by atoms with van der Waals surface area (Å²) in [6, 6.07) is 9.86. The van der Waals surface area contributed by atoms with E-state index in [0.29, 0.717) is 11.5 Å². The fourth-order valence-corrected chi connectivity index (χ4v) is 3.80. The van der Waals surface area contributed by atoms with Gasteiger partial charge in [-0.05, 0) is 56.7 Å². The molecule has 0 bridgehead atoms. The lowest BCUT2D eigenvalue weighted by Crippen LogP contribution is -2.32. The van der Waals surface area contributed by atoms with Crippen LogP contribution in [0.15, 0.2) is 30.3 Å². The Balaban J connectivity index is 1.67. The van der Waals surface area contributed by atoms with E-state index in [-0.39, 0.29) is 11.9 Å². The summed E-state index contributed by atoms with van der Waals surface area (Å²) in [5.41, 5.74) is 3.82. The van der Waals surface area contributed by atoms with Crippen molar-refractivity contribution in [1.82, 2.24) is 15.5 Å². The van der Waals surface area contributed by atoms with Gasteiger partial charge in [0.2, 0.25) is 0 Å². The average molecular weight is 372 g/mol. The molecule has 2 aromatic rings. The molecule has 0 atom stereocenters. The molecule has 1 aliphatic rings. The van der Waals surface area contributed by atoms with Crippen molar-refractivity contribution >= 4 is 34.9 Å². The summed E-state index contributed by atoms with van der Waals surface area (Å²) in [5, 5.41) is 14.2. The Labute approximate surface area is 158 Å². The molecular weight excluding hydrogens is 346 g/mol. The van der Waals surface area contributed by atoms with Crippen LogP contribution in [-0.4, -0.2) is 46.7 Å². The number of amides is 1. The van der Waals surface area contributed by atoms with Crippen molar-refractivity contribution < 1.29 is 4.79 Å². The third-order valence-corrected chi connectivity index (χ3v) is 5.08. The first-order valence-corrected chi connectivity index (χ1v) is 10.0. The number of carbonyl (C=O) groups is 1. The van der Waals surface area contributed by atoms with E-state index in [0.717, 1.165) is 18.8 Å². The van der Waals surface area contributed by atoms with Crippen LogP contribution in [0.2, 0.25) is 0 Å². The smallest absolute Gasteiger partial charge is 0.271 e. The molecule has 1 saturated heterocycles. The molecule has 0 saturated carbocycles. The fourth-order valence-electron chi connectivity index (χ4n) is 2.90. The average Bonchev–Trinajstić information content (AvgIpc) is 2.62. The first-order valence-electron chi connectivity index (χ1n) is 8.88. The number of aromatic nitrogens is 2. The Kier molecular flexibility index (Phi) is 5.98. The number of aryl methyl sites for hydroxylation is 1. The third kappa shape index (κ3) is 4.66. The molecule has 2 N–H and O–H groups in total. The van der Waals surface area contributed by atoms with E-state index in [4.69, 9.17) is 0 Å². The molecular formula is C19H25N5OS. The lowest BCUT2D eigenvalue weighted by Gasteiger charge is -2.30. The molecule has 0 radical (unpaired) electrons. The highest BCUT2D eigenvalue weighted by molar-refractivity contribution is 7.99. The van der Waals surface area contributed by atoms with Crippen molar-refractivity contribution in [2.24, 2.45) is 0 Å². The predicted octanol–water partition coefficient (Wildman–Crippen LogP) is 3.22. The normalized spacial score (nSPS) is 14.4. The van der Waals surface area contributed by atoms with E-state index in [2.05, 4.69) is 50.9 Å². The summed E-state index contributed by atoms with van der Waals surface area (Å²) in [5.74, 6) is 2.78. The van der Waals surface area contributed by atoms with Gasteiger partial charge in [-0.25, -0.2) is 0 Å². The molecule has 2 heterocycles. The Hall–Kier alpha value is -2.28. The second-order valence-electron chi connectivity index (χ2n) is 6.66. The summed E-state index contributed by atoms with van der Waals surface area (Å²) in [6.07, 6.45) is 0. The van der Waals surface area contributed by atoms with Gasteiger partial charge in [0.1, 0.15) is 0 Å². The van der Waals surface area contributed by atoms with Gasteiger partial charge in [0, 0.05) is 42.0 Å². The minimum Gasteiger partial charge on any atom is -0.370 e. The molecule has 0 aliphatic carbocycles. The number of rotatable bonds is 5. The van der Waals surface area contributed by atoms with Gasteiger partial charge in [0.25, 0.3) is 5.91 Å². The fraction of sp³-hybridized carbons (Fsp3) is 0.421. The molecule has 1 fully saturated rings. The van der Waals surface area contributed by atoms with Crippen LogP contribution in [0.4, 0.5) is 17.2 Å². The first-order chi connectivity index (χ1) is 12.5. The topological polar surface area (TPSA) is 70.1 Å². The van der Waals surface area contributed by atoms with Crippen molar-refractivity contribution in [3.05, 3.63) is 41.6 Å². The van der Waals surface area contributed by atoms with E-state index in [1.807, 2.05) is 25.6 Å². The van der Waals surface area contributed by atoms with Crippen LogP contribution in [0.25, 0.3) is 0 Å². The number of hydrogen-bond acceptors (Lipinski definition) is 6. The van der Waals surface area contributed by atoms with E-state index in [1.165, 1.54) is 22.8 Å². The second-order valence-corrected chi connectivity index (χ2v) is 7.88. The summed E-state index contributed by atoms with van der Waals surface area (Å²) in [7, 11) is 0. The van der Waals surface area contributed by atoms with Gasteiger partial charge < -0.3 is 15.5 Å². The first kappa shape index (κ1) is 18.5. The minimum atomic E-state index is -0.209. The molecule has 1 aromatic heterocycles. The zero-order valence-corrected chi connectivity index (χ0v) is 16.3. The van der Waals surface area contributed by atoms with E-state index in [1.54, 1.807) is 12.1 Å². The molecule has 138 valence electrons. The molecule has 6 nitrogen and oxygen atoms in total. The molecule has 0 spiro atoms. The lowest BCUT2D eigenvalue weighted by molar-refractivity contribution is 0.0937. The summed E-state index contributed by atoms with van der Waals surface area (Å²) in [4.78, 5) is 14.4. The number of benzene rings is 1. The standard InChI is InChI=1S/C19H25N5OS/c1-13(2)20-19(25)16-5-7-18(23-22-16)21-15-4-6-17(14(3)12-15)24-8-10-26-11-9-24/h4-7,12-13H,8-11H2,1-3H3,(H,20,25)(H,21,23). The Bertz CT molecular complexity index is 757. The Morgan fingerprint density at radius 3 is 2.54 bits per heavy atom. The van der Waals surface area contributed by atoms with Crippen molar-refractivity contribution in [2.45, 2.75) is 26.8 Å². The quantitative estimate of drug-likeness (QED) is 0.841. The van der Waals surface area contributed by atoms with Crippen LogP contribution >= 0.6 is 11.8 Å². The molecule has 7 heteroatoms. The van der Waals surface area contributed by atoms with Crippen LogP contribution in [0.1, 0.15) is 29.9 Å². The summed E-state index contributed by atoms with van der Waals surface area (Å²) < 4.78 is 0. The third-order valence-electron chi connectivity index (χ3n) is 4.14. The number of carbonyl (C=O) groups excluding carboxylic acids is 1. The van der Waals surface area contributed by atoms with Crippen LogP contribution < -0.4 is 15.5 Å². The Morgan fingerprint density at radius 1 is 1.15 bits per heavy atom. The molecule has 1 aliphatic heterocycles. The van der Waals surface area contributed by atoms with Gasteiger partial charge in [-0.15, -0.1) is 10.2 Å². The van der Waals surface area contributed by atoms with Gasteiger partial charge in [-0.1, -0.05) is 0 Å². The van der Waals surface area contributed by atoms with Crippen LogP contribution in [-0.2, 0) is 0 Å². The summed E-state index contributed by atoms with van der Waals surface area (Å²) in [6.45, 7) is 8.16. The number of anilines is 3. The largest absolute Gasteiger partial charge is 0.370 e. The van der Waals surface area contributed by atoms with Gasteiger partial charge in [0.15, 0.2) is 11.5 Å². The number of thioether (sulfide) groups is 1. The highest BCUT2D eigenvalue weighted by Gasteiger charge is 2.14. The van der Waals surface area contributed by atoms with Crippen molar-refractivity contribution in [3.8, 4) is 0 Å². The maximum Gasteiger partial charge on any atom is 0.271 e. The van der Waals surface area contributed by atoms with Gasteiger partial charge in [-0.3, -0.25) is 4.79 Å². The lowest BCUT2D eigenvalue weighted by atomic mass is 10.1. The molecule has 3 rings (SSSR count). The maximum atomic E-state index is 11.9. The molecule has 1 amide bonds. The minimum absolute atomic E-state index is 0.0714.